The molecular formula is C45H48F4N8O7S2. The van der Waals surface area contributed by atoms with E-state index in [-0.39, 0.29) is 49.4 Å². The number of halogens is 4. The number of aromatic nitrogens is 2. The van der Waals surface area contributed by atoms with E-state index in [2.05, 4.69) is 20.6 Å². The lowest BCUT2D eigenvalue weighted by molar-refractivity contribution is -0.144. The van der Waals surface area contributed by atoms with Crippen LogP contribution in [0.2, 0.25) is 0 Å². The Bertz CT molecular complexity index is 2580. The number of aliphatic hydroxyl groups is 1. The monoisotopic (exact) mass is 952 g/mol. The minimum Gasteiger partial charge on any atom is -0.475 e. The van der Waals surface area contributed by atoms with Crippen LogP contribution in [0.4, 0.5) is 28.9 Å². The van der Waals surface area contributed by atoms with E-state index < -0.39 is 88.2 Å². The molecule has 2 aromatic carbocycles. The summed E-state index contributed by atoms with van der Waals surface area (Å²) in [5.74, 6) is -4.09. The summed E-state index contributed by atoms with van der Waals surface area (Å²) in [6.07, 6.45) is -6.13. The zero-order chi connectivity index (χ0) is 48.5. The van der Waals surface area contributed by atoms with Crippen LogP contribution in [0.3, 0.4) is 0 Å². The number of nitriles is 1. The maximum atomic E-state index is 15.5. The molecule has 21 heteroatoms. The van der Waals surface area contributed by atoms with Crippen molar-refractivity contribution in [2.45, 2.75) is 91.3 Å². The molecule has 0 spiro atoms. The number of carbonyl (C=O) groups is 4. The third-order valence-corrected chi connectivity index (χ3v) is 12.5. The molecule has 0 aliphatic carbocycles. The maximum Gasteiger partial charge on any atom is 0.420 e. The second-order valence-electron chi connectivity index (χ2n) is 17.3. The summed E-state index contributed by atoms with van der Waals surface area (Å²) < 4.78 is 68.1. The summed E-state index contributed by atoms with van der Waals surface area (Å²) in [6.45, 7) is 11.2. The van der Waals surface area contributed by atoms with Gasteiger partial charge in [0.05, 0.1) is 57.5 Å². The van der Waals surface area contributed by atoms with Crippen LogP contribution in [-0.2, 0) is 36.6 Å². The van der Waals surface area contributed by atoms with E-state index in [1.54, 1.807) is 44.5 Å². The first kappa shape index (κ1) is 49.4. The Labute approximate surface area is 387 Å². The van der Waals surface area contributed by atoms with Crippen molar-refractivity contribution in [1.82, 2.24) is 25.5 Å². The van der Waals surface area contributed by atoms with Gasteiger partial charge >= 0.3 is 6.18 Å². The summed E-state index contributed by atoms with van der Waals surface area (Å²) in [4.78, 5) is 67.2. The minimum atomic E-state index is -5.22. The molecule has 6 rings (SSSR count). The van der Waals surface area contributed by atoms with E-state index >= 15 is 4.39 Å². The largest absolute Gasteiger partial charge is 0.475 e. The van der Waals surface area contributed by atoms with Crippen molar-refractivity contribution in [3.05, 3.63) is 87.9 Å². The van der Waals surface area contributed by atoms with Crippen LogP contribution in [0.5, 0.6) is 5.88 Å². The van der Waals surface area contributed by atoms with Crippen LogP contribution in [0, 0.1) is 36.4 Å². The molecule has 2 saturated heterocycles. The van der Waals surface area contributed by atoms with Crippen molar-refractivity contribution >= 4 is 63.7 Å². The van der Waals surface area contributed by atoms with Gasteiger partial charge in [-0.15, -0.1) is 11.3 Å². The molecule has 2 aliphatic rings. The first-order valence-electron chi connectivity index (χ1n) is 20.7. The number of hydrogen-bond donors (Lipinski definition) is 3. The van der Waals surface area contributed by atoms with Crippen molar-refractivity contribution in [3.8, 4) is 22.4 Å². The number of carbonyl (C=O) groups excluding carboxylic acids is 4. The van der Waals surface area contributed by atoms with Gasteiger partial charge in [-0.25, -0.2) is 14.4 Å². The van der Waals surface area contributed by atoms with Gasteiger partial charge in [-0.3, -0.25) is 24.1 Å². The van der Waals surface area contributed by atoms with Crippen molar-refractivity contribution in [2.75, 3.05) is 36.2 Å². The van der Waals surface area contributed by atoms with E-state index in [0.29, 0.717) is 10.6 Å². The molecule has 0 saturated carbocycles. The Morgan fingerprint density at radius 3 is 2.33 bits per heavy atom. The van der Waals surface area contributed by atoms with Crippen molar-refractivity contribution in [1.29, 1.82) is 5.26 Å². The van der Waals surface area contributed by atoms with Gasteiger partial charge in [-0.2, -0.15) is 18.4 Å². The molecule has 4 amide bonds. The zero-order valence-corrected chi connectivity index (χ0v) is 38.7. The molecular weight excluding hydrogens is 905 g/mol. The van der Waals surface area contributed by atoms with Gasteiger partial charge < -0.3 is 35.0 Å². The maximum absolute atomic E-state index is 15.5. The fourth-order valence-corrected chi connectivity index (χ4v) is 9.04. The highest BCUT2D eigenvalue weighted by Crippen LogP contribution is 2.42. The average Bonchev–Trinajstić information content (AvgIpc) is 3.91. The Balaban J connectivity index is 1.02. The molecule has 66 heavy (non-hydrogen) atoms. The highest BCUT2D eigenvalue weighted by atomic mass is 32.1. The average molecular weight is 953 g/mol. The number of alkyl halides is 3. The van der Waals surface area contributed by atoms with Gasteiger partial charge in [0.25, 0.3) is 5.91 Å². The molecule has 2 aliphatic heterocycles. The molecule has 2 fully saturated rings. The Morgan fingerprint density at radius 1 is 1.05 bits per heavy atom. The highest BCUT2D eigenvalue weighted by molar-refractivity contribution is 7.81. The normalized spacial score (nSPS) is 17.8. The van der Waals surface area contributed by atoms with Gasteiger partial charge in [0, 0.05) is 25.6 Å². The number of anilines is 2. The summed E-state index contributed by atoms with van der Waals surface area (Å²) in [5.41, 5.74) is -0.663. The van der Waals surface area contributed by atoms with Crippen molar-refractivity contribution in [2.24, 2.45) is 5.41 Å². The third-order valence-electron chi connectivity index (χ3n) is 11.1. The smallest absolute Gasteiger partial charge is 0.420 e. The Morgan fingerprint density at radius 2 is 1.73 bits per heavy atom. The Kier molecular flexibility index (Phi) is 14.5. The number of thiazole rings is 1. The number of pyridine rings is 1. The summed E-state index contributed by atoms with van der Waals surface area (Å²) >= 11 is 7.07. The lowest BCUT2D eigenvalue weighted by Crippen LogP contribution is -2.58. The zero-order valence-electron chi connectivity index (χ0n) is 37.1. The number of thiocarbonyl (C=S) groups is 1. The molecule has 350 valence electrons. The Hall–Kier alpha value is -6.08. The summed E-state index contributed by atoms with van der Waals surface area (Å²) in [7, 11) is 0. The number of ether oxygens (including phenoxy) is 2. The van der Waals surface area contributed by atoms with Gasteiger partial charge in [-0.1, -0.05) is 45.0 Å². The topological polar surface area (TPSA) is 190 Å². The minimum absolute atomic E-state index is 0.0320. The van der Waals surface area contributed by atoms with Crippen LogP contribution in [0.25, 0.3) is 10.4 Å². The number of β-amino-alcohol motifs (C(OH)–C–C–N with tert-alkyl or cyclic N) is 1. The molecule has 3 N–H and O–H groups in total. The number of hydrogen-bond acceptors (Lipinski definition) is 12. The van der Waals surface area contributed by atoms with Crippen LogP contribution in [0.15, 0.2) is 54.0 Å². The van der Waals surface area contributed by atoms with E-state index in [1.165, 1.54) is 41.8 Å². The summed E-state index contributed by atoms with van der Waals surface area (Å²) in [6, 6.07) is 11.7. The van der Waals surface area contributed by atoms with Crippen molar-refractivity contribution in [3.63, 3.8) is 0 Å². The second kappa shape index (κ2) is 19.4. The first-order chi connectivity index (χ1) is 30.9. The first-order valence-corrected chi connectivity index (χ1v) is 22.0. The van der Waals surface area contributed by atoms with Gasteiger partial charge in [0.2, 0.25) is 23.6 Å². The van der Waals surface area contributed by atoms with E-state index in [4.69, 9.17) is 21.7 Å². The molecule has 0 unspecified atom stereocenters. The van der Waals surface area contributed by atoms with Gasteiger partial charge in [-0.05, 0) is 74.7 Å². The highest BCUT2D eigenvalue weighted by Gasteiger charge is 2.52. The molecule has 4 heterocycles. The number of nitrogens with one attached hydrogen (secondary N) is 2. The van der Waals surface area contributed by atoms with E-state index in [0.717, 1.165) is 33.8 Å². The lowest BCUT2D eigenvalue weighted by atomic mass is 9.85. The fraction of sp³-hybridized carbons (Fsp3) is 0.422. The van der Waals surface area contributed by atoms with Crippen molar-refractivity contribution < 1.29 is 51.3 Å². The number of amides is 4. The SMILES string of the molecule is Cc1nc(OCCOCC(=O)N[C@H](C(=O)N2C[C@H](O)C[C@H]2C(=O)NCc2ccc(-c3scnc3C)cc2)C(C)(C)C)ccc1N1C(=S)N(c2ccc(C#N)c(C(F)(F)F)c2F)C(=O)C1(C)C. The third kappa shape index (κ3) is 10.3. The van der Waals surface area contributed by atoms with E-state index in [1.807, 2.05) is 31.2 Å². The van der Waals surface area contributed by atoms with Crippen LogP contribution in [0.1, 0.15) is 69.1 Å². The molecule has 0 bridgehead atoms. The molecule has 4 aromatic rings. The van der Waals surface area contributed by atoms with Gasteiger partial charge in [0.15, 0.2) is 10.9 Å². The van der Waals surface area contributed by atoms with Crippen LogP contribution < -0.4 is 25.2 Å². The lowest BCUT2D eigenvalue weighted by Gasteiger charge is -2.35. The predicted molar refractivity (Wildman–Crippen MR) is 240 cm³/mol. The molecule has 15 nitrogen and oxygen atoms in total. The fourth-order valence-electron chi connectivity index (χ4n) is 7.72. The molecule has 3 atom stereocenters. The van der Waals surface area contributed by atoms with Crippen LogP contribution in [-0.4, -0.2) is 98.8 Å². The number of aryl methyl sites for hydroxylation is 2. The van der Waals surface area contributed by atoms with Gasteiger partial charge in [0.1, 0.15) is 36.4 Å². The van der Waals surface area contributed by atoms with E-state index in [9.17, 15) is 42.7 Å². The molecule has 0 radical (unpaired) electrons. The van der Waals surface area contributed by atoms with Crippen LogP contribution >= 0.6 is 23.6 Å². The quantitative estimate of drug-likeness (QED) is 0.0764. The predicted octanol–water partition coefficient (Wildman–Crippen LogP) is 5.97. The number of rotatable bonds is 14. The number of benzene rings is 2. The standard InChI is InChI=1S/C45H48F4N8O7S2/c1-24-30(57-42(65)56(41(62)44(57,6)7)31-13-12-28(19-50)35(36(31)46)45(47,48)49)14-15-34(53-24)64-17-16-63-22-33(59)54-38(43(3,4)5)40(61)55-21-29(58)18-32(55)39(60)51-20-26-8-10-27(11-9-26)37-25(2)52-23-66-37/h8-15,23,29,32,38,58H,16-18,20-22H2,1-7H3,(H,51,60)(H,54,59)/t29-,32+,38-/m1/s1. The number of nitrogens with zero attached hydrogens (tertiary/aromatic N) is 6. The number of aliphatic hydroxyl groups excluding tert-OH is 1. The second-order valence-corrected chi connectivity index (χ2v) is 18.6. The summed E-state index contributed by atoms with van der Waals surface area (Å²) in [5, 5.41) is 25.0. The number of likely N-dealkylation sites (tertiary alicyclic amines) is 1. The molecule has 2 aromatic heterocycles.